The Kier molecular flexibility index (Phi) is 8.56. The minimum atomic E-state index is 0.583. The van der Waals surface area contributed by atoms with Gasteiger partial charge in [0.25, 0.3) is 0 Å². The lowest BCUT2D eigenvalue weighted by Crippen LogP contribution is -2.04. The number of fused-ring (bicyclic) bond motifs is 9. The molecule has 0 amide bonds. The standard InChI is InChI=1S/C58H33N5S2/c59-34-35-23-28-50-48(29-35)41-17-7-10-20-49(41)63(50)55-46(36-13-3-1-4-14-36)30-40(31-47(55)37-15-5-2-6-16-37)58-61-56(38-24-26-44-42-18-8-11-21-51(42)64-53(44)32-38)60-57(62-58)39-25-27-45-43-19-9-12-22-52(43)65-54(45)33-39/h1-33H. The van der Waals surface area contributed by atoms with Crippen LogP contribution in [0, 0.1) is 11.3 Å². The SMILES string of the molecule is N#Cc1ccc2c(c1)c1ccccc1n2-c1c(-c2ccccc2)cc(-c2nc(-c3ccc4c(c3)sc3ccccc34)nc(-c3ccc4c(c3)sc3ccccc34)n2)cc1-c1ccccc1. The fourth-order valence-corrected chi connectivity index (χ4v) is 11.7. The molecule has 0 unspecified atom stereocenters. The molecule has 0 atom stereocenters. The van der Waals surface area contributed by atoms with E-state index in [4.69, 9.17) is 15.0 Å². The summed E-state index contributed by atoms with van der Waals surface area (Å²) in [5.41, 5.74) is 10.6. The zero-order valence-corrected chi connectivity index (χ0v) is 36.2. The van der Waals surface area contributed by atoms with Gasteiger partial charge in [0.15, 0.2) is 17.5 Å². The van der Waals surface area contributed by atoms with Gasteiger partial charge in [0.1, 0.15) is 0 Å². The zero-order chi connectivity index (χ0) is 43.0. The summed E-state index contributed by atoms with van der Waals surface area (Å²) < 4.78 is 7.25. The maximum absolute atomic E-state index is 9.98. The largest absolute Gasteiger partial charge is 0.308 e. The first kappa shape index (κ1) is 37.3. The van der Waals surface area contributed by atoms with E-state index in [2.05, 4.69) is 199 Å². The summed E-state index contributed by atoms with van der Waals surface area (Å²) in [7, 11) is 0. The Hall–Kier alpha value is -8.28. The highest BCUT2D eigenvalue weighted by molar-refractivity contribution is 7.26. The zero-order valence-electron chi connectivity index (χ0n) is 34.6. The first-order valence-electron chi connectivity index (χ1n) is 21.5. The second-order valence-electron chi connectivity index (χ2n) is 16.3. The minimum Gasteiger partial charge on any atom is -0.308 e. The number of aromatic nitrogens is 4. The Balaban J connectivity index is 1.10. The predicted molar refractivity (Wildman–Crippen MR) is 272 cm³/mol. The van der Waals surface area contributed by atoms with Gasteiger partial charge in [0.05, 0.1) is 28.4 Å². The van der Waals surface area contributed by atoms with Crippen molar-refractivity contribution in [3.63, 3.8) is 0 Å². The summed E-state index contributed by atoms with van der Waals surface area (Å²) >= 11 is 3.58. The Morgan fingerprint density at radius 2 is 0.815 bits per heavy atom. The van der Waals surface area contributed by atoms with Crippen molar-refractivity contribution in [2.75, 3.05) is 0 Å². The molecule has 0 aliphatic heterocycles. The number of para-hydroxylation sites is 1. The second kappa shape index (κ2) is 14.9. The third-order valence-corrected chi connectivity index (χ3v) is 14.7. The molecule has 0 fully saturated rings. The molecule has 7 heteroatoms. The lowest BCUT2D eigenvalue weighted by Gasteiger charge is -2.21. The molecular weight excluding hydrogens is 831 g/mol. The van der Waals surface area contributed by atoms with Crippen LogP contribution in [0.4, 0.5) is 0 Å². The summed E-state index contributed by atoms with van der Waals surface area (Å²) in [4.78, 5) is 16.1. The number of benzene rings is 9. The third-order valence-electron chi connectivity index (χ3n) is 12.5. The molecule has 13 rings (SSSR count). The number of hydrogen-bond donors (Lipinski definition) is 0. The predicted octanol–water partition coefficient (Wildman–Crippen LogP) is 15.9. The van der Waals surface area contributed by atoms with E-state index in [1.54, 1.807) is 22.7 Å². The molecule has 0 aliphatic rings. The van der Waals surface area contributed by atoms with Gasteiger partial charge in [0.2, 0.25) is 0 Å². The fraction of sp³-hybridized carbons (Fsp3) is 0. The second-order valence-corrected chi connectivity index (χ2v) is 18.4. The molecule has 4 aromatic heterocycles. The average Bonchev–Trinajstić information content (AvgIpc) is 4.05. The van der Waals surface area contributed by atoms with E-state index in [-0.39, 0.29) is 0 Å². The van der Waals surface area contributed by atoms with E-state index < -0.39 is 0 Å². The summed E-state index contributed by atoms with van der Waals surface area (Å²) in [6.07, 6.45) is 0. The van der Waals surface area contributed by atoms with Crippen LogP contribution in [0.1, 0.15) is 5.56 Å². The molecule has 0 spiro atoms. The van der Waals surface area contributed by atoms with Crippen molar-refractivity contribution in [2.45, 2.75) is 0 Å². The summed E-state index contributed by atoms with van der Waals surface area (Å²) in [5.74, 6) is 1.81. The molecular formula is C58H33N5S2. The van der Waals surface area contributed by atoms with E-state index in [1.807, 2.05) is 12.1 Å². The fourth-order valence-electron chi connectivity index (χ4n) is 9.46. The minimum absolute atomic E-state index is 0.583. The molecule has 0 N–H and O–H groups in total. The number of rotatable bonds is 6. The van der Waals surface area contributed by atoms with Crippen LogP contribution in [0.15, 0.2) is 200 Å². The van der Waals surface area contributed by atoms with E-state index in [1.165, 1.54) is 40.3 Å². The van der Waals surface area contributed by atoms with Crippen LogP contribution >= 0.6 is 22.7 Å². The van der Waals surface area contributed by atoms with Crippen LogP contribution in [0.3, 0.4) is 0 Å². The van der Waals surface area contributed by atoms with E-state index in [0.717, 1.165) is 66.4 Å². The average molecular weight is 864 g/mol. The highest BCUT2D eigenvalue weighted by Gasteiger charge is 2.24. The lowest BCUT2D eigenvalue weighted by molar-refractivity contribution is 1.07. The van der Waals surface area contributed by atoms with Gasteiger partial charge in [-0.05, 0) is 71.8 Å². The smallest absolute Gasteiger partial charge is 0.164 e. The Labute approximate surface area is 381 Å². The van der Waals surface area contributed by atoms with E-state index in [9.17, 15) is 5.26 Å². The van der Waals surface area contributed by atoms with Crippen molar-refractivity contribution in [3.05, 3.63) is 206 Å². The molecule has 13 aromatic rings. The Morgan fingerprint density at radius 1 is 0.354 bits per heavy atom. The van der Waals surface area contributed by atoms with Crippen molar-refractivity contribution in [2.24, 2.45) is 0 Å². The molecule has 0 aliphatic carbocycles. The molecule has 0 bridgehead atoms. The van der Waals surface area contributed by atoms with Crippen LogP contribution in [-0.2, 0) is 0 Å². The summed E-state index contributed by atoms with van der Waals surface area (Å²) in [6, 6.07) is 72.8. The first-order chi connectivity index (χ1) is 32.1. The van der Waals surface area contributed by atoms with Crippen LogP contribution < -0.4 is 0 Å². The maximum Gasteiger partial charge on any atom is 0.164 e. The number of thiophene rings is 2. The van der Waals surface area contributed by atoms with E-state index >= 15 is 0 Å². The van der Waals surface area contributed by atoms with Gasteiger partial charge >= 0.3 is 0 Å². The van der Waals surface area contributed by atoms with Crippen molar-refractivity contribution < 1.29 is 0 Å². The van der Waals surface area contributed by atoms with Gasteiger partial charge in [-0.15, -0.1) is 22.7 Å². The lowest BCUT2D eigenvalue weighted by atomic mass is 9.92. The van der Waals surface area contributed by atoms with Crippen LogP contribution in [0.5, 0.6) is 0 Å². The van der Waals surface area contributed by atoms with Crippen molar-refractivity contribution >= 4 is 84.8 Å². The van der Waals surface area contributed by atoms with Gasteiger partial charge in [-0.1, -0.05) is 140 Å². The highest BCUT2D eigenvalue weighted by Crippen LogP contribution is 2.45. The van der Waals surface area contributed by atoms with Crippen molar-refractivity contribution in [1.82, 2.24) is 19.5 Å². The van der Waals surface area contributed by atoms with Gasteiger partial charge in [0, 0.05) is 78.9 Å². The molecule has 0 saturated carbocycles. The van der Waals surface area contributed by atoms with Gasteiger partial charge in [-0.25, -0.2) is 15.0 Å². The van der Waals surface area contributed by atoms with E-state index in [0.29, 0.717) is 23.0 Å². The van der Waals surface area contributed by atoms with Gasteiger partial charge < -0.3 is 4.57 Å². The van der Waals surface area contributed by atoms with Crippen molar-refractivity contribution in [3.8, 4) is 68.2 Å². The quantitative estimate of drug-likeness (QED) is 0.167. The first-order valence-corrected chi connectivity index (χ1v) is 23.1. The van der Waals surface area contributed by atoms with Crippen LogP contribution in [-0.4, -0.2) is 19.5 Å². The van der Waals surface area contributed by atoms with Gasteiger partial charge in [-0.3, -0.25) is 0 Å². The number of nitriles is 1. The molecule has 5 nitrogen and oxygen atoms in total. The Morgan fingerprint density at radius 3 is 1.37 bits per heavy atom. The molecule has 0 radical (unpaired) electrons. The van der Waals surface area contributed by atoms with Crippen LogP contribution in [0.25, 0.3) is 124 Å². The number of hydrogen-bond acceptors (Lipinski definition) is 6. The summed E-state index contributed by atoms with van der Waals surface area (Å²) in [6.45, 7) is 0. The maximum atomic E-state index is 9.98. The topological polar surface area (TPSA) is 67.4 Å². The van der Waals surface area contributed by atoms with Gasteiger partial charge in [-0.2, -0.15) is 5.26 Å². The molecule has 65 heavy (non-hydrogen) atoms. The van der Waals surface area contributed by atoms with Crippen molar-refractivity contribution in [1.29, 1.82) is 5.26 Å². The summed E-state index contributed by atoms with van der Waals surface area (Å²) in [5, 5.41) is 17.1. The molecule has 4 heterocycles. The van der Waals surface area contributed by atoms with Crippen LogP contribution in [0.2, 0.25) is 0 Å². The molecule has 0 saturated heterocycles. The normalized spacial score (nSPS) is 11.7. The highest BCUT2D eigenvalue weighted by atomic mass is 32.1. The molecule has 302 valence electrons. The third kappa shape index (κ3) is 6.15. The molecule has 9 aromatic carbocycles. The number of nitrogens with zero attached hydrogens (tertiary/aromatic N) is 5. The Bertz CT molecular complexity index is 3890. The monoisotopic (exact) mass is 863 g/mol.